The van der Waals surface area contributed by atoms with Crippen molar-refractivity contribution >= 4 is 35.4 Å². The summed E-state index contributed by atoms with van der Waals surface area (Å²) in [6.07, 6.45) is 4.52. The fourth-order valence-electron chi connectivity index (χ4n) is 4.85. The number of rotatable bonds is 8. The highest BCUT2D eigenvalue weighted by Crippen LogP contribution is 2.35. The van der Waals surface area contributed by atoms with Gasteiger partial charge in [-0.3, -0.25) is 9.59 Å². The topological polar surface area (TPSA) is 115 Å². The second kappa shape index (κ2) is 11.3. The van der Waals surface area contributed by atoms with Crippen molar-refractivity contribution in [3.63, 3.8) is 0 Å². The summed E-state index contributed by atoms with van der Waals surface area (Å²) in [5.41, 5.74) is 3.66. The molecule has 0 spiro atoms. The van der Waals surface area contributed by atoms with Gasteiger partial charge in [-0.2, -0.15) is 5.10 Å². The lowest BCUT2D eigenvalue weighted by Gasteiger charge is -2.32. The number of methoxy groups -OCH3 is 1. The van der Waals surface area contributed by atoms with Gasteiger partial charge < -0.3 is 15.0 Å². The van der Waals surface area contributed by atoms with Crippen LogP contribution in [0.25, 0.3) is 22.3 Å². The molecule has 1 aliphatic rings. The van der Waals surface area contributed by atoms with Gasteiger partial charge >= 0.3 is 0 Å². The Bertz CT molecular complexity index is 1540. The van der Waals surface area contributed by atoms with E-state index >= 15 is 0 Å². The van der Waals surface area contributed by atoms with Gasteiger partial charge in [0.25, 0.3) is 5.91 Å². The summed E-state index contributed by atoms with van der Waals surface area (Å²) in [6.45, 7) is 8.88. The fourth-order valence-corrected chi connectivity index (χ4v) is 4.85. The Kier molecular flexibility index (Phi) is 7.44. The molecule has 1 aliphatic heterocycles. The molecule has 39 heavy (non-hydrogen) atoms. The summed E-state index contributed by atoms with van der Waals surface area (Å²) < 4.78 is 7.08. The maximum Gasteiger partial charge on any atom is 0.251 e. The van der Waals surface area contributed by atoms with Crippen LogP contribution in [0.5, 0.6) is 5.75 Å². The number of aromatic nitrogens is 4. The average Bonchev–Trinajstić information content (AvgIpc) is 3.40. The number of benzene rings is 2. The van der Waals surface area contributed by atoms with E-state index in [1.165, 1.54) is 12.4 Å². The summed E-state index contributed by atoms with van der Waals surface area (Å²) in [5, 5.41) is 8.60. The zero-order chi connectivity index (χ0) is 27.4. The minimum absolute atomic E-state index is 0.0439. The molecule has 3 heterocycles. The fraction of sp³-hybridized carbons (Fsp3) is 0.241. The zero-order valence-electron chi connectivity index (χ0n) is 21.7. The van der Waals surface area contributed by atoms with Gasteiger partial charge in [-0.15, -0.1) is 0 Å². The first-order chi connectivity index (χ1) is 19.0. The molecule has 0 bridgehead atoms. The Labute approximate surface area is 226 Å². The van der Waals surface area contributed by atoms with E-state index in [9.17, 15) is 9.59 Å². The molecule has 2 aromatic heterocycles. The number of nitrogens with zero attached hydrogens (tertiary/aromatic N) is 6. The second-order valence-corrected chi connectivity index (χ2v) is 9.24. The first-order valence-electron chi connectivity index (χ1n) is 12.6. The lowest BCUT2D eigenvalue weighted by Crippen LogP contribution is -2.40. The highest BCUT2D eigenvalue weighted by atomic mass is 16.5. The van der Waals surface area contributed by atoms with Crippen LogP contribution >= 0.6 is 0 Å². The smallest absolute Gasteiger partial charge is 0.251 e. The molecular formula is C29H29N7O3. The minimum atomic E-state index is -0.182. The number of hydrogen-bond donors (Lipinski definition) is 1. The normalized spacial score (nSPS) is 15.1. The molecule has 1 N–H and O–H groups in total. The van der Waals surface area contributed by atoms with Crippen LogP contribution in [0.15, 0.2) is 72.5 Å². The van der Waals surface area contributed by atoms with Crippen LogP contribution in [0, 0.1) is 0 Å². The number of carbonyl (C=O) groups excluding carboxylic acids is 2. The number of likely N-dealkylation sites (tertiary alicyclic amines) is 1. The van der Waals surface area contributed by atoms with Crippen molar-refractivity contribution in [2.45, 2.75) is 25.4 Å². The summed E-state index contributed by atoms with van der Waals surface area (Å²) in [6, 6.07) is 14.8. The van der Waals surface area contributed by atoms with E-state index in [0.717, 1.165) is 24.0 Å². The summed E-state index contributed by atoms with van der Waals surface area (Å²) in [4.78, 5) is 39.6. The Hall–Kier alpha value is -4.86. The molecule has 198 valence electrons. The largest absolute Gasteiger partial charge is 0.497 e. The Morgan fingerprint density at radius 2 is 2.03 bits per heavy atom. The molecule has 2 amide bonds. The van der Waals surface area contributed by atoms with Gasteiger partial charge in [0.05, 0.1) is 18.5 Å². The zero-order valence-corrected chi connectivity index (χ0v) is 21.7. The molecule has 4 aromatic rings. The number of amides is 2. The maximum atomic E-state index is 12.6. The molecule has 0 unspecified atom stereocenters. The van der Waals surface area contributed by atoms with E-state index in [1.807, 2.05) is 28.9 Å². The molecule has 1 atom stereocenters. The standard InChI is InChI=1S/C29H29N7O3/c1-4-24(37)35-14-6-8-22(17-35)36-28-25(27(30-2)32-18-33-28)26(34-36)20-12-10-19(11-13-20)16-31-29(38)21-7-5-9-23(15-21)39-3/h4-5,7,9-13,15,18,22H,1-2,6,8,14,16-17H2,3H3,(H,31,38)/t22-/m1/s1. The molecule has 5 rings (SSSR count). The second-order valence-electron chi connectivity index (χ2n) is 9.24. The van der Waals surface area contributed by atoms with Crippen molar-refractivity contribution in [2.24, 2.45) is 4.99 Å². The minimum Gasteiger partial charge on any atom is -0.497 e. The van der Waals surface area contributed by atoms with Crippen LogP contribution in [0.3, 0.4) is 0 Å². The molecule has 0 aliphatic carbocycles. The quantitative estimate of drug-likeness (QED) is 0.275. The number of carbonyl (C=O) groups is 2. The van der Waals surface area contributed by atoms with Gasteiger partial charge in [-0.05, 0) is 49.4 Å². The number of fused-ring (bicyclic) bond motifs is 1. The van der Waals surface area contributed by atoms with Crippen LogP contribution < -0.4 is 10.1 Å². The van der Waals surface area contributed by atoms with Crippen molar-refractivity contribution in [2.75, 3.05) is 20.2 Å². The first kappa shape index (κ1) is 25.8. The predicted octanol–water partition coefficient (Wildman–Crippen LogP) is 4.11. The van der Waals surface area contributed by atoms with Gasteiger partial charge in [0, 0.05) is 30.8 Å². The monoisotopic (exact) mass is 523 g/mol. The van der Waals surface area contributed by atoms with Gasteiger partial charge in [-0.25, -0.2) is 19.6 Å². The number of hydrogen-bond acceptors (Lipinski definition) is 7. The molecule has 1 fully saturated rings. The van der Waals surface area contributed by atoms with Crippen molar-refractivity contribution in [3.05, 3.63) is 78.6 Å². The Morgan fingerprint density at radius 1 is 1.21 bits per heavy atom. The third-order valence-electron chi connectivity index (χ3n) is 6.86. The van der Waals surface area contributed by atoms with E-state index < -0.39 is 0 Å². The van der Waals surface area contributed by atoms with Gasteiger partial charge in [0.15, 0.2) is 11.5 Å². The molecule has 10 heteroatoms. The lowest BCUT2D eigenvalue weighted by atomic mass is 10.1. The lowest BCUT2D eigenvalue weighted by molar-refractivity contribution is -0.127. The van der Waals surface area contributed by atoms with Crippen molar-refractivity contribution < 1.29 is 14.3 Å². The third kappa shape index (κ3) is 5.26. The van der Waals surface area contributed by atoms with Crippen molar-refractivity contribution in [3.8, 4) is 17.0 Å². The average molecular weight is 524 g/mol. The molecule has 0 radical (unpaired) electrons. The van der Waals surface area contributed by atoms with E-state index in [1.54, 1.807) is 36.3 Å². The van der Waals surface area contributed by atoms with Gasteiger partial charge in [0.2, 0.25) is 5.91 Å². The first-order valence-corrected chi connectivity index (χ1v) is 12.6. The number of piperidine rings is 1. The SMILES string of the molecule is C=CC(=O)N1CCC[C@@H](n2nc(-c3ccc(CNC(=O)c4cccc(OC)c4)cc3)c3c(N=C)ncnc32)C1. The van der Waals surface area contributed by atoms with Crippen molar-refractivity contribution in [1.82, 2.24) is 30.0 Å². The summed E-state index contributed by atoms with van der Waals surface area (Å²) >= 11 is 0. The highest BCUT2D eigenvalue weighted by Gasteiger charge is 2.28. The van der Waals surface area contributed by atoms with E-state index in [2.05, 4.69) is 33.6 Å². The predicted molar refractivity (Wildman–Crippen MR) is 149 cm³/mol. The number of nitrogens with one attached hydrogen (secondary N) is 1. The van der Waals surface area contributed by atoms with Crippen LogP contribution in [0.2, 0.25) is 0 Å². The van der Waals surface area contributed by atoms with Crippen LogP contribution in [0.4, 0.5) is 5.82 Å². The van der Waals surface area contributed by atoms with Gasteiger partial charge in [-0.1, -0.05) is 36.9 Å². The van der Waals surface area contributed by atoms with E-state index in [4.69, 9.17) is 9.84 Å². The van der Waals surface area contributed by atoms with E-state index in [0.29, 0.717) is 53.5 Å². The Balaban J connectivity index is 1.41. The van der Waals surface area contributed by atoms with Gasteiger partial charge in [0.1, 0.15) is 17.8 Å². The summed E-state index contributed by atoms with van der Waals surface area (Å²) in [5.74, 6) is 0.807. The Morgan fingerprint density at radius 3 is 2.77 bits per heavy atom. The highest BCUT2D eigenvalue weighted by molar-refractivity contribution is 5.98. The number of aliphatic imine (C=N–C) groups is 1. The maximum absolute atomic E-state index is 12.6. The van der Waals surface area contributed by atoms with Crippen molar-refractivity contribution in [1.29, 1.82) is 0 Å². The third-order valence-corrected chi connectivity index (χ3v) is 6.86. The molecule has 10 nitrogen and oxygen atoms in total. The van der Waals surface area contributed by atoms with Crippen LogP contribution in [-0.4, -0.2) is 63.4 Å². The molecule has 2 aromatic carbocycles. The molecule has 1 saturated heterocycles. The summed E-state index contributed by atoms with van der Waals surface area (Å²) in [7, 11) is 1.57. The van der Waals surface area contributed by atoms with Crippen LogP contribution in [-0.2, 0) is 11.3 Å². The van der Waals surface area contributed by atoms with E-state index in [-0.39, 0.29) is 17.9 Å². The van der Waals surface area contributed by atoms with Crippen LogP contribution in [0.1, 0.15) is 34.8 Å². The molecular weight excluding hydrogens is 494 g/mol. The molecule has 0 saturated carbocycles. The number of ether oxygens (including phenoxy) is 1.